The second kappa shape index (κ2) is 8.62. The van der Waals surface area contributed by atoms with Crippen LogP contribution >= 0.6 is 11.6 Å². The van der Waals surface area contributed by atoms with Crippen LogP contribution in [-0.2, 0) is 21.2 Å². The zero-order valence-corrected chi connectivity index (χ0v) is 13.9. The molecule has 1 aromatic heterocycles. The van der Waals surface area contributed by atoms with Crippen LogP contribution in [0.4, 0.5) is 5.82 Å². The van der Waals surface area contributed by atoms with Crippen molar-refractivity contribution >= 4 is 23.3 Å². The maximum Gasteiger partial charge on any atom is 0.225 e. The fraction of sp³-hybridized carbons (Fsp3) is 0.294. The number of amides is 1. The van der Waals surface area contributed by atoms with Crippen LogP contribution in [0.1, 0.15) is 25.3 Å². The standard InChI is InChI=1S/C17H19ClN2O3/c1-3-4-17(21)20-16-8-6-13(10-19-16)14-9-12(11-23-22-2)5-7-15(14)18/h5-10H,3-4,11H2,1-2H3,(H,19,20,21). The Morgan fingerprint density at radius 1 is 1.30 bits per heavy atom. The van der Waals surface area contributed by atoms with Crippen LogP contribution in [0.15, 0.2) is 36.5 Å². The molecule has 2 aromatic rings. The summed E-state index contributed by atoms with van der Waals surface area (Å²) in [5, 5.41) is 3.38. The van der Waals surface area contributed by atoms with Gasteiger partial charge in [0.25, 0.3) is 0 Å². The quantitative estimate of drug-likeness (QED) is 0.608. The number of hydrogen-bond acceptors (Lipinski definition) is 4. The Balaban J connectivity index is 2.16. The van der Waals surface area contributed by atoms with Gasteiger partial charge in [-0.2, -0.15) is 0 Å². The second-order valence-corrected chi connectivity index (χ2v) is 5.38. The lowest BCUT2D eigenvalue weighted by molar-refractivity contribution is -0.282. The average molecular weight is 335 g/mol. The highest BCUT2D eigenvalue weighted by Crippen LogP contribution is 2.29. The van der Waals surface area contributed by atoms with Crippen LogP contribution in [-0.4, -0.2) is 18.0 Å². The summed E-state index contributed by atoms with van der Waals surface area (Å²) in [5.41, 5.74) is 2.65. The summed E-state index contributed by atoms with van der Waals surface area (Å²) in [5.74, 6) is 0.492. The van der Waals surface area contributed by atoms with Gasteiger partial charge in [0.05, 0.1) is 7.11 Å². The van der Waals surface area contributed by atoms with Crippen molar-refractivity contribution in [1.82, 2.24) is 4.98 Å². The van der Waals surface area contributed by atoms with E-state index in [4.69, 9.17) is 16.5 Å². The van der Waals surface area contributed by atoms with Gasteiger partial charge in [-0.1, -0.05) is 24.6 Å². The third-order valence-corrected chi connectivity index (χ3v) is 3.52. The maximum atomic E-state index is 11.6. The van der Waals surface area contributed by atoms with E-state index < -0.39 is 0 Å². The number of aromatic nitrogens is 1. The Hall–Kier alpha value is -1.95. The Morgan fingerprint density at radius 2 is 2.13 bits per heavy atom. The fourth-order valence-electron chi connectivity index (χ4n) is 2.07. The predicted molar refractivity (Wildman–Crippen MR) is 90.0 cm³/mol. The number of carbonyl (C=O) groups is 1. The summed E-state index contributed by atoms with van der Waals surface area (Å²) >= 11 is 6.26. The molecule has 0 fully saturated rings. The smallest absolute Gasteiger partial charge is 0.225 e. The van der Waals surface area contributed by atoms with Crippen LogP contribution < -0.4 is 5.32 Å². The Bertz CT molecular complexity index is 659. The molecule has 0 saturated carbocycles. The number of anilines is 1. The lowest BCUT2D eigenvalue weighted by Gasteiger charge is -2.09. The van der Waals surface area contributed by atoms with Crippen molar-refractivity contribution in [2.24, 2.45) is 0 Å². The number of nitrogens with one attached hydrogen (secondary N) is 1. The first-order valence-electron chi connectivity index (χ1n) is 7.34. The van der Waals surface area contributed by atoms with Crippen LogP contribution in [0, 0.1) is 0 Å². The van der Waals surface area contributed by atoms with E-state index in [0.717, 1.165) is 23.1 Å². The van der Waals surface area contributed by atoms with Crippen molar-refractivity contribution in [1.29, 1.82) is 0 Å². The second-order valence-electron chi connectivity index (χ2n) is 4.97. The maximum absolute atomic E-state index is 11.6. The minimum atomic E-state index is -0.0375. The monoisotopic (exact) mass is 334 g/mol. The molecule has 0 aliphatic heterocycles. The molecule has 0 unspecified atom stereocenters. The molecule has 0 radical (unpaired) electrons. The molecule has 2 rings (SSSR count). The van der Waals surface area contributed by atoms with E-state index in [2.05, 4.69) is 15.2 Å². The molecule has 0 aliphatic carbocycles. The van der Waals surface area contributed by atoms with Crippen molar-refractivity contribution in [3.05, 3.63) is 47.1 Å². The zero-order chi connectivity index (χ0) is 16.7. The SMILES string of the molecule is CCCC(=O)Nc1ccc(-c2cc(COOC)ccc2Cl)cn1. The molecule has 6 heteroatoms. The fourth-order valence-corrected chi connectivity index (χ4v) is 2.30. The van der Waals surface area contributed by atoms with Gasteiger partial charge in [-0.15, -0.1) is 0 Å². The van der Waals surface area contributed by atoms with Gasteiger partial charge in [0.2, 0.25) is 5.91 Å². The Labute approximate surface area is 140 Å². The van der Waals surface area contributed by atoms with E-state index in [1.807, 2.05) is 31.2 Å². The molecule has 1 heterocycles. The molecule has 0 aliphatic rings. The Kier molecular flexibility index (Phi) is 6.52. The highest BCUT2D eigenvalue weighted by atomic mass is 35.5. The van der Waals surface area contributed by atoms with E-state index in [0.29, 0.717) is 23.9 Å². The minimum absolute atomic E-state index is 0.0375. The van der Waals surface area contributed by atoms with Gasteiger partial charge in [-0.3, -0.25) is 4.79 Å². The summed E-state index contributed by atoms with van der Waals surface area (Å²) in [7, 11) is 1.46. The summed E-state index contributed by atoms with van der Waals surface area (Å²) in [6.07, 6.45) is 2.97. The molecule has 23 heavy (non-hydrogen) atoms. The molecular weight excluding hydrogens is 316 g/mol. The van der Waals surface area contributed by atoms with Gasteiger partial charge in [-0.05, 0) is 36.2 Å². The summed E-state index contributed by atoms with van der Waals surface area (Å²) in [6, 6.07) is 9.24. The molecule has 0 atom stereocenters. The van der Waals surface area contributed by atoms with Crippen LogP contribution in [0.25, 0.3) is 11.1 Å². The number of halogens is 1. The largest absolute Gasteiger partial charge is 0.311 e. The van der Waals surface area contributed by atoms with Crippen molar-refractivity contribution < 1.29 is 14.6 Å². The number of pyridine rings is 1. The molecule has 5 nitrogen and oxygen atoms in total. The third-order valence-electron chi connectivity index (χ3n) is 3.19. The lowest BCUT2D eigenvalue weighted by atomic mass is 10.0. The number of hydrogen-bond donors (Lipinski definition) is 1. The van der Waals surface area contributed by atoms with E-state index >= 15 is 0 Å². The van der Waals surface area contributed by atoms with Crippen LogP contribution in [0.3, 0.4) is 0 Å². The molecule has 0 saturated heterocycles. The van der Waals surface area contributed by atoms with E-state index in [1.54, 1.807) is 12.3 Å². The highest BCUT2D eigenvalue weighted by molar-refractivity contribution is 6.33. The van der Waals surface area contributed by atoms with Crippen molar-refractivity contribution in [2.75, 3.05) is 12.4 Å². The van der Waals surface area contributed by atoms with Crippen molar-refractivity contribution in [3.63, 3.8) is 0 Å². The van der Waals surface area contributed by atoms with Gasteiger partial charge in [0.1, 0.15) is 12.4 Å². The van der Waals surface area contributed by atoms with Gasteiger partial charge in [0.15, 0.2) is 0 Å². The van der Waals surface area contributed by atoms with E-state index in [-0.39, 0.29) is 5.91 Å². The van der Waals surface area contributed by atoms with Gasteiger partial charge < -0.3 is 5.32 Å². The number of benzene rings is 1. The molecular formula is C17H19ClN2O3. The summed E-state index contributed by atoms with van der Waals surface area (Å²) in [4.78, 5) is 25.4. The first-order chi connectivity index (χ1) is 11.1. The van der Waals surface area contributed by atoms with E-state index in [1.165, 1.54) is 7.11 Å². The van der Waals surface area contributed by atoms with Crippen LogP contribution in [0.5, 0.6) is 0 Å². The zero-order valence-electron chi connectivity index (χ0n) is 13.1. The molecule has 122 valence electrons. The van der Waals surface area contributed by atoms with Crippen molar-refractivity contribution in [3.8, 4) is 11.1 Å². The molecule has 1 N–H and O–H groups in total. The highest BCUT2D eigenvalue weighted by Gasteiger charge is 2.07. The first-order valence-corrected chi connectivity index (χ1v) is 7.72. The van der Waals surface area contributed by atoms with Gasteiger partial charge in [-0.25, -0.2) is 14.8 Å². The number of carbonyl (C=O) groups excluding carboxylic acids is 1. The Morgan fingerprint density at radius 3 is 2.78 bits per heavy atom. The number of rotatable bonds is 7. The normalized spacial score (nSPS) is 10.6. The minimum Gasteiger partial charge on any atom is -0.311 e. The first kappa shape index (κ1) is 17.4. The molecule has 0 spiro atoms. The number of nitrogens with zero attached hydrogens (tertiary/aromatic N) is 1. The van der Waals surface area contributed by atoms with Crippen molar-refractivity contribution in [2.45, 2.75) is 26.4 Å². The van der Waals surface area contributed by atoms with Crippen LogP contribution in [0.2, 0.25) is 5.02 Å². The molecule has 1 aromatic carbocycles. The third kappa shape index (κ3) is 5.03. The molecule has 1 amide bonds. The summed E-state index contributed by atoms with van der Waals surface area (Å²) < 4.78 is 0. The molecule has 0 bridgehead atoms. The van der Waals surface area contributed by atoms with Gasteiger partial charge in [0, 0.05) is 28.8 Å². The summed E-state index contributed by atoms with van der Waals surface area (Å²) in [6.45, 7) is 2.29. The van der Waals surface area contributed by atoms with Gasteiger partial charge >= 0.3 is 0 Å². The van der Waals surface area contributed by atoms with E-state index in [9.17, 15) is 4.79 Å². The predicted octanol–water partition coefficient (Wildman–Crippen LogP) is 4.22. The lowest BCUT2D eigenvalue weighted by Crippen LogP contribution is -2.11. The average Bonchev–Trinajstić information content (AvgIpc) is 2.55. The topological polar surface area (TPSA) is 60.5 Å².